The van der Waals surface area contributed by atoms with Crippen molar-refractivity contribution in [1.29, 1.82) is 0 Å². The number of nitro benzene ring substituents is 1. The highest BCUT2D eigenvalue weighted by Gasteiger charge is 2.09. The van der Waals surface area contributed by atoms with E-state index in [9.17, 15) is 10.1 Å². The largest absolute Gasteiger partial charge is 0.347 e. The number of hydrogen-bond donors (Lipinski definition) is 1. The van der Waals surface area contributed by atoms with Crippen LogP contribution in [0.2, 0.25) is 0 Å². The summed E-state index contributed by atoms with van der Waals surface area (Å²) in [5.41, 5.74) is 1.10. The predicted octanol–water partition coefficient (Wildman–Crippen LogP) is 3.76. The molecule has 0 atom stereocenters. The second-order valence-corrected chi connectivity index (χ2v) is 4.69. The molecular formula is C13H19N3O2. The zero-order chi connectivity index (χ0) is 12.4. The Balaban J connectivity index is 0.00000162. The third-order valence-corrected chi connectivity index (χ3v) is 2.92. The van der Waals surface area contributed by atoms with Crippen LogP contribution >= 0.6 is 0 Å². The Morgan fingerprint density at radius 3 is 2.67 bits per heavy atom. The molecule has 5 nitrogen and oxygen atoms in total. The third kappa shape index (κ3) is 2.87. The summed E-state index contributed by atoms with van der Waals surface area (Å²) in [5.74, 6) is 0.631. The average molecular weight is 249 g/mol. The molecule has 2 aromatic rings. The third-order valence-electron chi connectivity index (χ3n) is 2.92. The number of non-ortho nitro benzene ring substituents is 1. The molecule has 1 aromatic carbocycles. The molecule has 0 saturated carbocycles. The summed E-state index contributed by atoms with van der Waals surface area (Å²) in [6.45, 7) is 5.25. The SMILES string of the molecule is CC(C)CCn1ccc2ccc([N+](=O)[O-])cc21.N. The molecule has 1 heterocycles. The molecule has 18 heavy (non-hydrogen) atoms. The van der Waals surface area contributed by atoms with Crippen LogP contribution in [-0.2, 0) is 6.54 Å². The van der Waals surface area contributed by atoms with Gasteiger partial charge in [0.2, 0.25) is 0 Å². The number of nitrogens with zero attached hydrogens (tertiary/aromatic N) is 2. The van der Waals surface area contributed by atoms with E-state index in [-0.39, 0.29) is 16.8 Å². The molecule has 0 aliphatic heterocycles. The van der Waals surface area contributed by atoms with Crippen molar-refractivity contribution in [3.05, 3.63) is 40.6 Å². The van der Waals surface area contributed by atoms with Crippen molar-refractivity contribution >= 4 is 16.6 Å². The summed E-state index contributed by atoms with van der Waals surface area (Å²) in [6.07, 6.45) is 3.07. The fourth-order valence-corrected chi connectivity index (χ4v) is 1.88. The predicted molar refractivity (Wildman–Crippen MR) is 73.1 cm³/mol. The Bertz CT molecular complexity index is 546. The van der Waals surface area contributed by atoms with Crippen LogP contribution in [0.4, 0.5) is 5.69 Å². The first-order chi connectivity index (χ1) is 8.08. The highest BCUT2D eigenvalue weighted by molar-refractivity contribution is 5.82. The average Bonchev–Trinajstić information content (AvgIpc) is 2.68. The molecule has 0 aliphatic carbocycles. The molecule has 0 unspecified atom stereocenters. The van der Waals surface area contributed by atoms with Gasteiger partial charge in [0.25, 0.3) is 5.69 Å². The molecule has 0 saturated heterocycles. The number of aryl methyl sites for hydroxylation is 1. The van der Waals surface area contributed by atoms with Gasteiger partial charge in [0.05, 0.1) is 10.4 Å². The summed E-state index contributed by atoms with van der Waals surface area (Å²) in [7, 11) is 0. The van der Waals surface area contributed by atoms with Crippen LogP contribution in [0.5, 0.6) is 0 Å². The smallest absolute Gasteiger partial charge is 0.271 e. The molecule has 2 rings (SSSR count). The van der Waals surface area contributed by atoms with Crippen LogP contribution in [-0.4, -0.2) is 9.49 Å². The van der Waals surface area contributed by atoms with Gasteiger partial charge >= 0.3 is 0 Å². The molecule has 0 radical (unpaired) electrons. The van der Waals surface area contributed by atoms with Crippen LogP contribution < -0.4 is 6.15 Å². The summed E-state index contributed by atoms with van der Waals surface area (Å²) in [5, 5.41) is 11.8. The number of fused-ring (bicyclic) bond motifs is 1. The minimum atomic E-state index is -0.348. The van der Waals surface area contributed by atoms with E-state index in [1.807, 2.05) is 12.3 Å². The summed E-state index contributed by atoms with van der Waals surface area (Å²) >= 11 is 0. The van der Waals surface area contributed by atoms with Crippen LogP contribution in [0, 0.1) is 16.0 Å². The summed E-state index contributed by atoms with van der Waals surface area (Å²) in [4.78, 5) is 10.4. The van der Waals surface area contributed by atoms with Crippen LogP contribution in [0.25, 0.3) is 10.9 Å². The number of aromatic nitrogens is 1. The van der Waals surface area contributed by atoms with E-state index < -0.39 is 0 Å². The Hall–Kier alpha value is -1.88. The van der Waals surface area contributed by atoms with E-state index in [0.717, 1.165) is 23.9 Å². The molecule has 1 aromatic heterocycles. The van der Waals surface area contributed by atoms with Crippen LogP contribution in [0.1, 0.15) is 20.3 Å². The van der Waals surface area contributed by atoms with Gasteiger partial charge in [0.1, 0.15) is 0 Å². The monoisotopic (exact) mass is 249 g/mol. The number of rotatable bonds is 4. The second-order valence-electron chi connectivity index (χ2n) is 4.69. The molecule has 0 bridgehead atoms. The molecule has 0 spiro atoms. The van der Waals surface area contributed by atoms with Crippen molar-refractivity contribution in [1.82, 2.24) is 10.7 Å². The molecular weight excluding hydrogens is 230 g/mol. The van der Waals surface area contributed by atoms with Crippen molar-refractivity contribution in [2.45, 2.75) is 26.8 Å². The van der Waals surface area contributed by atoms with Gasteiger partial charge in [-0.2, -0.15) is 0 Å². The van der Waals surface area contributed by atoms with Crippen molar-refractivity contribution in [2.24, 2.45) is 5.92 Å². The number of nitro groups is 1. The van der Waals surface area contributed by atoms with E-state index in [2.05, 4.69) is 18.4 Å². The van der Waals surface area contributed by atoms with Gasteiger partial charge < -0.3 is 10.7 Å². The maximum Gasteiger partial charge on any atom is 0.271 e. The van der Waals surface area contributed by atoms with Crippen LogP contribution in [0.3, 0.4) is 0 Å². The highest BCUT2D eigenvalue weighted by atomic mass is 16.6. The standard InChI is InChI=1S/C13H16N2O2.H3N/c1-10(2)5-7-14-8-6-11-3-4-12(15(16)17)9-13(11)14;/h3-4,6,8-10H,5,7H2,1-2H3;1H3. The van der Waals surface area contributed by atoms with Gasteiger partial charge in [-0.25, -0.2) is 0 Å². The molecule has 0 amide bonds. The first-order valence-corrected chi connectivity index (χ1v) is 5.81. The van der Waals surface area contributed by atoms with E-state index in [0.29, 0.717) is 5.92 Å². The van der Waals surface area contributed by atoms with E-state index in [1.165, 1.54) is 0 Å². The first-order valence-electron chi connectivity index (χ1n) is 5.81. The van der Waals surface area contributed by atoms with Crippen molar-refractivity contribution in [3.63, 3.8) is 0 Å². The zero-order valence-corrected chi connectivity index (χ0v) is 10.8. The molecule has 98 valence electrons. The Morgan fingerprint density at radius 2 is 2.06 bits per heavy atom. The Labute approximate surface area is 106 Å². The van der Waals surface area contributed by atoms with Gasteiger partial charge in [0.15, 0.2) is 0 Å². The zero-order valence-electron chi connectivity index (χ0n) is 10.8. The fraction of sp³-hybridized carbons (Fsp3) is 0.385. The summed E-state index contributed by atoms with van der Waals surface area (Å²) in [6, 6.07) is 7.00. The maximum absolute atomic E-state index is 10.7. The van der Waals surface area contributed by atoms with Gasteiger partial charge in [-0.3, -0.25) is 10.1 Å². The van der Waals surface area contributed by atoms with Gasteiger partial charge in [-0.15, -0.1) is 0 Å². The molecule has 3 N–H and O–H groups in total. The van der Waals surface area contributed by atoms with E-state index >= 15 is 0 Å². The number of benzene rings is 1. The lowest BCUT2D eigenvalue weighted by molar-refractivity contribution is -0.384. The van der Waals surface area contributed by atoms with Gasteiger partial charge in [0, 0.05) is 30.3 Å². The Kier molecular flexibility index (Phi) is 4.44. The van der Waals surface area contributed by atoms with Crippen molar-refractivity contribution < 1.29 is 4.92 Å². The normalized spacial score (nSPS) is 10.6. The topological polar surface area (TPSA) is 83.1 Å². The molecule has 0 fully saturated rings. The minimum Gasteiger partial charge on any atom is -0.347 e. The lowest BCUT2D eigenvalue weighted by atomic mass is 10.1. The number of hydrogen-bond acceptors (Lipinski definition) is 3. The quantitative estimate of drug-likeness (QED) is 0.661. The Morgan fingerprint density at radius 1 is 1.33 bits per heavy atom. The van der Waals surface area contributed by atoms with Crippen molar-refractivity contribution in [2.75, 3.05) is 0 Å². The van der Waals surface area contributed by atoms with E-state index in [1.54, 1.807) is 18.2 Å². The first kappa shape index (κ1) is 14.2. The molecule has 0 aliphatic rings. The fourth-order valence-electron chi connectivity index (χ4n) is 1.88. The van der Waals surface area contributed by atoms with Crippen LogP contribution in [0.15, 0.2) is 30.5 Å². The lowest BCUT2D eigenvalue weighted by Crippen LogP contribution is -2.00. The maximum atomic E-state index is 10.7. The highest BCUT2D eigenvalue weighted by Crippen LogP contribution is 2.22. The minimum absolute atomic E-state index is 0. The second kappa shape index (κ2) is 5.64. The summed E-state index contributed by atoms with van der Waals surface area (Å²) < 4.78 is 2.09. The van der Waals surface area contributed by atoms with Gasteiger partial charge in [-0.05, 0) is 24.5 Å². The van der Waals surface area contributed by atoms with E-state index in [4.69, 9.17) is 0 Å². The lowest BCUT2D eigenvalue weighted by Gasteiger charge is -2.07. The van der Waals surface area contributed by atoms with Crippen molar-refractivity contribution in [3.8, 4) is 0 Å². The van der Waals surface area contributed by atoms with Gasteiger partial charge in [-0.1, -0.05) is 13.8 Å². The molecule has 5 heteroatoms.